The smallest absolute Gasteiger partial charge is 0.137 e. The fourth-order valence-corrected chi connectivity index (χ4v) is 1.96. The Kier molecular flexibility index (Phi) is 5.57. The second-order valence-corrected chi connectivity index (χ2v) is 4.26. The van der Waals surface area contributed by atoms with Crippen molar-refractivity contribution in [2.45, 2.75) is 18.9 Å². The van der Waals surface area contributed by atoms with Gasteiger partial charge in [-0.3, -0.25) is 0 Å². The molecule has 0 aliphatic carbocycles. The summed E-state index contributed by atoms with van der Waals surface area (Å²) < 4.78 is 5.81. The van der Waals surface area contributed by atoms with Crippen molar-refractivity contribution in [1.82, 2.24) is 5.32 Å². The van der Waals surface area contributed by atoms with E-state index in [1.807, 2.05) is 0 Å². The van der Waals surface area contributed by atoms with Crippen LogP contribution in [0.3, 0.4) is 0 Å². The van der Waals surface area contributed by atoms with E-state index < -0.39 is 0 Å². The zero-order valence-corrected chi connectivity index (χ0v) is 10.9. The van der Waals surface area contributed by atoms with E-state index in [0.717, 1.165) is 25.9 Å². The van der Waals surface area contributed by atoms with Crippen LogP contribution in [-0.2, 0) is 0 Å². The van der Waals surface area contributed by atoms with E-state index in [1.165, 1.54) is 0 Å². The molecule has 1 saturated heterocycles. The standard InChI is InChI=1S/C12H13ClN2O.ClH/c13-10-1-2-12(9(7-10)8-14)16-11-3-5-15-6-4-11;/h1-2,7,11,15H,3-6H2;1H. The normalized spacial score (nSPS) is 15.8. The summed E-state index contributed by atoms with van der Waals surface area (Å²) in [5.74, 6) is 0.638. The molecule has 0 bridgehead atoms. The first-order valence-corrected chi connectivity index (χ1v) is 5.74. The van der Waals surface area contributed by atoms with Gasteiger partial charge in [0.25, 0.3) is 0 Å². The van der Waals surface area contributed by atoms with Crippen LogP contribution in [0.5, 0.6) is 5.75 Å². The molecule has 0 radical (unpaired) electrons. The number of benzene rings is 1. The van der Waals surface area contributed by atoms with Gasteiger partial charge in [-0.15, -0.1) is 12.4 Å². The monoisotopic (exact) mass is 272 g/mol. The molecule has 0 atom stereocenters. The molecule has 0 unspecified atom stereocenters. The highest BCUT2D eigenvalue weighted by Gasteiger charge is 2.16. The van der Waals surface area contributed by atoms with Crippen molar-refractivity contribution in [3.63, 3.8) is 0 Å². The largest absolute Gasteiger partial charge is 0.489 e. The van der Waals surface area contributed by atoms with Crippen LogP contribution in [0, 0.1) is 11.3 Å². The highest BCUT2D eigenvalue weighted by atomic mass is 35.5. The maximum absolute atomic E-state index is 8.97. The predicted octanol–water partition coefficient (Wildman–Crippen LogP) is 2.76. The van der Waals surface area contributed by atoms with Gasteiger partial charge in [0.15, 0.2) is 0 Å². The molecule has 0 aromatic heterocycles. The Labute approximate surface area is 112 Å². The second-order valence-electron chi connectivity index (χ2n) is 3.82. The topological polar surface area (TPSA) is 45.0 Å². The van der Waals surface area contributed by atoms with Crippen LogP contribution in [0.15, 0.2) is 18.2 Å². The van der Waals surface area contributed by atoms with Gasteiger partial charge >= 0.3 is 0 Å². The van der Waals surface area contributed by atoms with Crippen LogP contribution in [0.4, 0.5) is 0 Å². The summed E-state index contributed by atoms with van der Waals surface area (Å²) in [7, 11) is 0. The van der Waals surface area contributed by atoms with Gasteiger partial charge in [-0.1, -0.05) is 11.6 Å². The molecule has 17 heavy (non-hydrogen) atoms. The van der Waals surface area contributed by atoms with Gasteiger partial charge in [0.05, 0.1) is 5.56 Å². The molecule has 1 heterocycles. The molecule has 0 spiro atoms. The molecule has 92 valence electrons. The number of nitriles is 1. The van der Waals surface area contributed by atoms with E-state index >= 15 is 0 Å². The number of hydrogen-bond acceptors (Lipinski definition) is 3. The number of nitrogens with one attached hydrogen (secondary N) is 1. The van der Waals surface area contributed by atoms with Crippen molar-refractivity contribution in [3.8, 4) is 11.8 Å². The van der Waals surface area contributed by atoms with Crippen LogP contribution in [0.1, 0.15) is 18.4 Å². The van der Waals surface area contributed by atoms with Gasteiger partial charge in [0.2, 0.25) is 0 Å². The van der Waals surface area contributed by atoms with E-state index in [2.05, 4.69) is 11.4 Å². The molecule has 2 rings (SSSR count). The summed E-state index contributed by atoms with van der Waals surface area (Å²) in [6, 6.07) is 7.25. The van der Waals surface area contributed by atoms with E-state index in [4.69, 9.17) is 21.6 Å². The van der Waals surface area contributed by atoms with Gasteiger partial charge in [0, 0.05) is 5.02 Å². The first-order chi connectivity index (χ1) is 7.79. The quantitative estimate of drug-likeness (QED) is 0.901. The molecule has 1 N–H and O–H groups in total. The Hall–Kier alpha value is -0.950. The molecule has 5 heteroatoms. The Morgan fingerprint density at radius 3 is 2.71 bits per heavy atom. The lowest BCUT2D eigenvalue weighted by Crippen LogP contribution is -2.34. The number of halogens is 2. The van der Waals surface area contributed by atoms with Crippen molar-refractivity contribution in [2.24, 2.45) is 0 Å². The third-order valence-electron chi connectivity index (χ3n) is 2.64. The van der Waals surface area contributed by atoms with Crippen LogP contribution in [-0.4, -0.2) is 19.2 Å². The fourth-order valence-electron chi connectivity index (χ4n) is 1.79. The minimum absolute atomic E-state index is 0. The SMILES string of the molecule is Cl.N#Cc1cc(Cl)ccc1OC1CCNCC1. The summed E-state index contributed by atoms with van der Waals surface area (Å²) in [4.78, 5) is 0. The Morgan fingerprint density at radius 1 is 1.35 bits per heavy atom. The zero-order chi connectivity index (χ0) is 11.4. The number of ether oxygens (including phenoxy) is 1. The fraction of sp³-hybridized carbons (Fsp3) is 0.417. The van der Waals surface area contributed by atoms with Crippen molar-refractivity contribution >= 4 is 24.0 Å². The van der Waals surface area contributed by atoms with Crippen molar-refractivity contribution in [1.29, 1.82) is 5.26 Å². The lowest BCUT2D eigenvalue weighted by atomic mass is 10.1. The van der Waals surface area contributed by atoms with Gasteiger partial charge in [-0.25, -0.2) is 0 Å². The van der Waals surface area contributed by atoms with E-state index in [0.29, 0.717) is 16.3 Å². The third kappa shape index (κ3) is 3.78. The van der Waals surface area contributed by atoms with Crippen molar-refractivity contribution < 1.29 is 4.74 Å². The van der Waals surface area contributed by atoms with Gasteiger partial charge in [-0.2, -0.15) is 5.26 Å². The van der Waals surface area contributed by atoms with E-state index in [-0.39, 0.29) is 18.5 Å². The molecular formula is C12H14Cl2N2O. The maximum atomic E-state index is 8.97. The maximum Gasteiger partial charge on any atom is 0.137 e. The highest BCUT2D eigenvalue weighted by Crippen LogP contribution is 2.24. The molecule has 1 aliphatic rings. The van der Waals surface area contributed by atoms with E-state index in [1.54, 1.807) is 18.2 Å². The van der Waals surface area contributed by atoms with Crippen molar-refractivity contribution in [2.75, 3.05) is 13.1 Å². The highest BCUT2D eigenvalue weighted by molar-refractivity contribution is 6.30. The lowest BCUT2D eigenvalue weighted by molar-refractivity contribution is 0.162. The molecule has 0 saturated carbocycles. The van der Waals surface area contributed by atoms with Crippen molar-refractivity contribution in [3.05, 3.63) is 28.8 Å². The summed E-state index contributed by atoms with van der Waals surface area (Å²) in [5, 5.41) is 12.8. The second kappa shape index (κ2) is 6.70. The molecule has 1 fully saturated rings. The average molecular weight is 273 g/mol. The number of hydrogen-bond donors (Lipinski definition) is 1. The Morgan fingerprint density at radius 2 is 2.06 bits per heavy atom. The Bertz CT molecular complexity index is 411. The lowest BCUT2D eigenvalue weighted by Gasteiger charge is -2.24. The van der Waals surface area contributed by atoms with Crippen LogP contribution in [0.25, 0.3) is 0 Å². The first-order valence-electron chi connectivity index (χ1n) is 5.36. The van der Waals surface area contributed by atoms with Gasteiger partial charge in [0.1, 0.15) is 17.9 Å². The van der Waals surface area contributed by atoms with E-state index in [9.17, 15) is 0 Å². The van der Waals surface area contributed by atoms with Gasteiger partial charge in [-0.05, 0) is 44.1 Å². The molecule has 1 aliphatic heterocycles. The molecule has 1 aromatic rings. The number of piperidine rings is 1. The minimum Gasteiger partial charge on any atom is -0.489 e. The summed E-state index contributed by atoms with van der Waals surface area (Å²) in [6.07, 6.45) is 2.16. The summed E-state index contributed by atoms with van der Waals surface area (Å²) in [5.41, 5.74) is 0.506. The first kappa shape index (κ1) is 14.1. The summed E-state index contributed by atoms with van der Waals surface area (Å²) in [6.45, 7) is 1.94. The number of nitrogens with zero attached hydrogens (tertiary/aromatic N) is 1. The van der Waals surface area contributed by atoms with Crippen LogP contribution < -0.4 is 10.1 Å². The van der Waals surface area contributed by atoms with Crippen LogP contribution >= 0.6 is 24.0 Å². The minimum atomic E-state index is 0. The molecule has 1 aromatic carbocycles. The predicted molar refractivity (Wildman–Crippen MR) is 69.9 cm³/mol. The molecule has 0 amide bonds. The molecule has 3 nitrogen and oxygen atoms in total. The summed E-state index contributed by atoms with van der Waals surface area (Å²) >= 11 is 5.82. The Balaban J connectivity index is 0.00000144. The third-order valence-corrected chi connectivity index (χ3v) is 2.88. The molecular weight excluding hydrogens is 259 g/mol. The van der Waals surface area contributed by atoms with Gasteiger partial charge < -0.3 is 10.1 Å². The zero-order valence-electron chi connectivity index (χ0n) is 9.28. The van der Waals surface area contributed by atoms with Crippen LogP contribution in [0.2, 0.25) is 5.02 Å². The average Bonchev–Trinajstić information content (AvgIpc) is 2.33. The number of rotatable bonds is 2.